The van der Waals surface area contributed by atoms with E-state index in [1.807, 2.05) is 22.9 Å². The van der Waals surface area contributed by atoms with Crippen molar-refractivity contribution in [1.82, 2.24) is 25.2 Å². The van der Waals surface area contributed by atoms with Crippen molar-refractivity contribution in [2.24, 2.45) is 5.92 Å². The topological polar surface area (TPSA) is 81.1 Å². The Morgan fingerprint density at radius 1 is 1.32 bits per heavy atom. The van der Waals surface area contributed by atoms with Gasteiger partial charge in [0, 0.05) is 43.7 Å². The van der Waals surface area contributed by atoms with Crippen molar-refractivity contribution >= 4 is 6.03 Å². The van der Waals surface area contributed by atoms with Crippen molar-refractivity contribution < 1.29 is 9.53 Å². The molecule has 4 rings (SSSR count). The Morgan fingerprint density at radius 2 is 2.28 bits per heavy atom. The van der Waals surface area contributed by atoms with Crippen LogP contribution in [0, 0.1) is 5.92 Å². The molecule has 3 atom stereocenters. The molecule has 1 aliphatic carbocycles. The van der Waals surface area contributed by atoms with Crippen LogP contribution in [-0.2, 0) is 11.3 Å². The van der Waals surface area contributed by atoms with Crippen molar-refractivity contribution in [2.45, 2.75) is 44.4 Å². The van der Waals surface area contributed by atoms with Gasteiger partial charge >= 0.3 is 6.03 Å². The summed E-state index contributed by atoms with van der Waals surface area (Å²) >= 11 is 0. The minimum absolute atomic E-state index is 0.112. The molecule has 7 nitrogen and oxygen atoms in total. The third-order valence-corrected chi connectivity index (χ3v) is 5.13. The highest BCUT2D eigenvalue weighted by molar-refractivity contribution is 5.74. The molecule has 0 spiro atoms. The van der Waals surface area contributed by atoms with Crippen LogP contribution in [0.3, 0.4) is 0 Å². The Bertz CT molecular complexity index is 718. The first-order valence-corrected chi connectivity index (χ1v) is 8.89. The van der Waals surface area contributed by atoms with Gasteiger partial charge in [0.1, 0.15) is 12.1 Å². The fourth-order valence-corrected chi connectivity index (χ4v) is 3.86. The highest BCUT2D eigenvalue weighted by Gasteiger charge is 2.38. The molecule has 2 amide bonds. The number of pyridine rings is 1. The van der Waals surface area contributed by atoms with Gasteiger partial charge in [-0.15, -0.1) is 0 Å². The number of carbonyl (C=O) groups excluding carboxylic acids is 1. The van der Waals surface area contributed by atoms with E-state index in [0.717, 1.165) is 43.7 Å². The third kappa shape index (κ3) is 3.66. The van der Waals surface area contributed by atoms with Gasteiger partial charge in [0.2, 0.25) is 0 Å². The summed E-state index contributed by atoms with van der Waals surface area (Å²) in [7, 11) is 0. The lowest BCUT2D eigenvalue weighted by atomic mass is 9.82. The molecule has 2 aromatic rings. The number of hydrogen-bond donors (Lipinski definition) is 2. The summed E-state index contributed by atoms with van der Waals surface area (Å²) in [6, 6.07) is 3.96. The summed E-state index contributed by atoms with van der Waals surface area (Å²) in [6.45, 7) is 1.29. The summed E-state index contributed by atoms with van der Waals surface area (Å²) < 4.78 is 7.60. The number of ether oxygens (including phenoxy) is 1. The zero-order valence-corrected chi connectivity index (χ0v) is 14.1. The number of carbonyl (C=O) groups is 1. The summed E-state index contributed by atoms with van der Waals surface area (Å²) in [5, 5.41) is 6.10. The van der Waals surface area contributed by atoms with Gasteiger partial charge in [0.05, 0.1) is 6.10 Å². The zero-order valence-electron chi connectivity index (χ0n) is 14.1. The SMILES string of the molecule is O=C(NCc1ccnc(-n2ccnc2)c1)N[C@@H]1CCC[C@@H]2OCC[C@H]21. The standard InChI is InChI=1S/C18H23N5O2/c24-18(22-15-2-1-3-16-14(15)5-9-25-16)21-11-13-4-6-20-17(10-13)23-8-7-19-12-23/h4,6-8,10,12,14-16H,1-3,5,9,11H2,(H2,21,22,24)/t14-,15+,16-/m0/s1. The molecule has 2 aromatic heterocycles. The highest BCUT2D eigenvalue weighted by Crippen LogP contribution is 2.34. The maximum atomic E-state index is 12.3. The van der Waals surface area contributed by atoms with E-state index in [2.05, 4.69) is 20.6 Å². The fourth-order valence-electron chi connectivity index (χ4n) is 3.86. The normalized spacial score (nSPS) is 25.4. The Labute approximate surface area is 146 Å². The van der Waals surface area contributed by atoms with Crippen LogP contribution in [0.1, 0.15) is 31.2 Å². The van der Waals surface area contributed by atoms with E-state index in [4.69, 9.17) is 4.74 Å². The lowest BCUT2D eigenvalue weighted by molar-refractivity contribution is 0.0549. The molecule has 1 saturated carbocycles. The molecular weight excluding hydrogens is 318 g/mol. The van der Waals surface area contributed by atoms with Gasteiger partial charge in [0.25, 0.3) is 0 Å². The fraction of sp³-hybridized carbons (Fsp3) is 0.500. The third-order valence-electron chi connectivity index (χ3n) is 5.13. The Balaban J connectivity index is 1.32. The van der Waals surface area contributed by atoms with Gasteiger partial charge in [-0.3, -0.25) is 4.57 Å². The van der Waals surface area contributed by atoms with Gasteiger partial charge < -0.3 is 15.4 Å². The van der Waals surface area contributed by atoms with Crippen LogP contribution in [-0.4, -0.2) is 39.3 Å². The number of aromatic nitrogens is 3. The number of amides is 2. The minimum atomic E-state index is -0.112. The number of hydrogen-bond acceptors (Lipinski definition) is 4. The molecule has 3 heterocycles. The molecule has 1 saturated heterocycles. The van der Waals surface area contributed by atoms with Crippen molar-refractivity contribution in [3.8, 4) is 5.82 Å². The molecule has 0 aromatic carbocycles. The van der Waals surface area contributed by atoms with E-state index in [1.54, 1.807) is 18.7 Å². The average Bonchev–Trinajstić information content (AvgIpc) is 3.32. The Kier molecular flexibility index (Phi) is 4.65. The molecule has 132 valence electrons. The maximum absolute atomic E-state index is 12.3. The van der Waals surface area contributed by atoms with Crippen LogP contribution in [0.15, 0.2) is 37.1 Å². The van der Waals surface area contributed by atoms with E-state index in [0.29, 0.717) is 18.6 Å². The molecule has 0 bridgehead atoms. The van der Waals surface area contributed by atoms with Gasteiger partial charge in [-0.25, -0.2) is 14.8 Å². The van der Waals surface area contributed by atoms with Crippen LogP contribution in [0.2, 0.25) is 0 Å². The average molecular weight is 341 g/mol. The Morgan fingerprint density at radius 3 is 3.16 bits per heavy atom. The van der Waals surface area contributed by atoms with E-state index in [1.165, 1.54) is 0 Å². The smallest absolute Gasteiger partial charge is 0.315 e. The van der Waals surface area contributed by atoms with Crippen molar-refractivity contribution in [3.05, 3.63) is 42.6 Å². The highest BCUT2D eigenvalue weighted by atomic mass is 16.5. The number of nitrogens with zero attached hydrogens (tertiary/aromatic N) is 3. The molecule has 2 aliphatic rings. The molecule has 0 unspecified atom stereocenters. The summed E-state index contributed by atoms with van der Waals surface area (Å²) in [6.07, 6.45) is 11.7. The maximum Gasteiger partial charge on any atom is 0.315 e. The summed E-state index contributed by atoms with van der Waals surface area (Å²) in [4.78, 5) is 20.6. The predicted octanol–water partition coefficient (Wildman–Crippen LogP) is 2.02. The molecule has 1 aliphatic heterocycles. The van der Waals surface area contributed by atoms with Crippen LogP contribution in [0.25, 0.3) is 5.82 Å². The molecule has 25 heavy (non-hydrogen) atoms. The second-order valence-electron chi connectivity index (χ2n) is 6.72. The molecule has 0 radical (unpaired) electrons. The molecule has 7 heteroatoms. The molecular formula is C18H23N5O2. The number of fused-ring (bicyclic) bond motifs is 1. The van der Waals surface area contributed by atoms with E-state index in [9.17, 15) is 4.79 Å². The zero-order chi connectivity index (χ0) is 17.1. The van der Waals surface area contributed by atoms with Crippen molar-refractivity contribution in [1.29, 1.82) is 0 Å². The second-order valence-corrected chi connectivity index (χ2v) is 6.72. The van der Waals surface area contributed by atoms with Gasteiger partial charge in [-0.1, -0.05) is 0 Å². The number of nitrogens with one attached hydrogen (secondary N) is 2. The lowest BCUT2D eigenvalue weighted by Gasteiger charge is -2.33. The van der Waals surface area contributed by atoms with Crippen LogP contribution < -0.4 is 10.6 Å². The second kappa shape index (κ2) is 7.23. The molecule has 2 N–H and O–H groups in total. The van der Waals surface area contributed by atoms with Crippen LogP contribution >= 0.6 is 0 Å². The van der Waals surface area contributed by atoms with Crippen molar-refractivity contribution in [3.63, 3.8) is 0 Å². The van der Waals surface area contributed by atoms with Crippen LogP contribution in [0.5, 0.6) is 0 Å². The lowest BCUT2D eigenvalue weighted by Crippen LogP contribution is -2.49. The number of imidazole rings is 1. The summed E-state index contributed by atoms with van der Waals surface area (Å²) in [5.41, 5.74) is 1.000. The van der Waals surface area contributed by atoms with Crippen LogP contribution in [0.4, 0.5) is 4.79 Å². The first-order valence-electron chi connectivity index (χ1n) is 8.89. The Hall–Kier alpha value is -2.41. The minimum Gasteiger partial charge on any atom is -0.378 e. The van der Waals surface area contributed by atoms with Gasteiger partial charge in [-0.2, -0.15) is 0 Å². The van der Waals surface area contributed by atoms with Crippen molar-refractivity contribution in [2.75, 3.05) is 6.61 Å². The summed E-state index contributed by atoms with van der Waals surface area (Å²) in [5.74, 6) is 1.25. The van der Waals surface area contributed by atoms with Gasteiger partial charge in [0.15, 0.2) is 0 Å². The van der Waals surface area contributed by atoms with E-state index >= 15 is 0 Å². The quantitative estimate of drug-likeness (QED) is 0.891. The first-order chi connectivity index (χ1) is 12.3. The molecule has 2 fully saturated rings. The first kappa shape index (κ1) is 16.1. The predicted molar refractivity (Wildman–Crippen MR) is 92.2 cm³/mol. The van der Waals surface area contributed by atoms with Gasteiger partial charge in [-0.05, 0) is 43.4 Å². The largest absolute Gasteiger partial charge is 0.378 e. The van der Waals surface area contributed by atoms with E-state index < -0.39 is 0 Å². The number of rotatable bonds is 4. The number of urea groups is 1. The monoisotopic (exact) mass is 341 g/mol. The van der Waals surface area contributed by atoms with E-state index in [-0.39, 0.29) is 12.1 Å².